The van der Waals surface area contributed by atoms with E-state index in [4.69, 9.17) is 4.52 Å². The summed E-state index contributed by atoms with van der Waals surface area (Å²) in [4.78, 5) is 17.0. The number of benzene rings is 2. The van der Waals surface area contributed by atoms with Crippen molar-refractivity contribution < 1.29 is 9.32 Å². The zero-order valence-electron chi connectivity index (χ0n) is 14.6. The van der Waals surface area contributed by atoms with E-state index < -0.39 is 0 Å². The van der Waals surface area contributed by atoms with Crippen LogP contribution in [0.2, 0.25) is 0 Å². The molecule has 0 fully saturated rings. The van der Waals surface area contributed by atoms with E-state index in [-0.39, 0.29) is 17.9 Å². The van der Waals surface area contributed by atoms with E-state index in [1.165, 1.54) is 0 Å². The third-order valence-electron chi connectivity index (χ3n) is 3.97. The van der Waals surface area contributed by atoms with Gasteiger partial charge in [0.15, 0.2) is 0 Å². The molecular formula is C20H21N3O2. The highest BCUT2D eigenvalue weighted by atomic mass is 16.5. The van der Waals surface area contributed by atoms with Crippen molar-refractivity contribution in [2.75, 3.05) is 0 Å². The number of rotatable bonds is 5. The molecule has 25 heavy (non-hydrogen) atoms. The minimum atomic E-state index is -0.349. The molecule has 128 valence electrons. The zero-order valence-corrected chi connectivity index (χ0v) is 14.6. The van der Waals surface area contributed by atoms with Crippen LogP contribution >= 0.6 is 0 Å². The molecule has 0 unspecified atom stereocenters. The van der Waals surface area contributed by atoms with E-state index >= 15 is 0 Å². The Morgan fingerprint density at radius 2 is 1.84 bits per heavy atom. The molecule has 1 amide bonds. The van der Waals surface area contributed by atoms with Gasteiger partial charge in [0, 0.05) is 11.1 Å². The normalized spacial score (nSPS) is 12.2. The quantitative estimate of drug-likeness (QED) is 0.760. The molecule has 1 heterocycles. The van der Waals surface area contributed by atoms with Crippen molar-refractivity contribution in [1.82, 2.24) is 15.5 Å². The molecule has 1 N–H and O–H groups in total. The number of carbonyl (C=O) groups excluding carboxylic acids is 1. The highest BCUT2D eigenvalue weighted by Crippen LogP contribution is 2.24. The highest BCUT2D eigenvalue weighted by Gasteiger charge is 2.25. The van der Waals surface area contributed by atoms with Crippen molar-refractivity contribution in [2.24, 2.45) is 5.92 Å². The van der Waals surface area contributed by atoms with Crippen LogP contribution in [0.25, 0.3) is 11.4 Å². The average Bonchev–Trinajstić information content (AvgIpc) is 3.09. The summed E-state index contributed by atoms with van der Waals surface area (Å²) >= 11 is 0. The first-order valence-corrected chi connectivity index (χ1v) is 8.31. The molecule has 0 aliphatic heterocycles. The monoisotopic (exact) mass is 335 g/mol. The standard InChI is InChI=1S/C20H21N3O2/c1-13(2)17(21-19(24)16-11-7-8-14(3)12-16)20-22-18(23-25-20)15-9-5-4-6-10-15/h4-13,17H,1-3H3,(H,21,24)/t17-/m1/s1. The smallest absolute Gasteiger partial charge is 0.251 e. The molecule has 3 rings (SSSR count). The molecule has 3 aromatic rings. The molecule has 0 bridgehead atoms. The topological polar surface area (TPSA) is 68.0 Å². The SMILES string of the molecule is Cc1cccc(C(=O)N[C@@H](c2nc(-c3ccccc3)no2)C(C)C)c1. The van der Waals surface area contributed by atoms with E-state index in [1.807, 2.05) is 69.3 Å². The predicted octanol–water partition coefficient (Wildman–Crippen LogP) is 4.17. The Bertz CT molecular complexity index is 856. The van der Waals surface area contributed by atoms with Crippen LogP contribution < -0.4 is 5.32 Å². The second kappa shape index (κ2) is 7.30. The highest BCUT2D eigenvalue weighted by molar-refractivity contribution is 5.94. The van der Waals surface area contributed by atoms with Crippen molar-refractivity contribution in [1.29, 1.82) is 0 Å². The van der Waals surface area contributed by atoms with Crippen molar-refractivity contribution in [3.05, 3.63) is 71.6 Å². The number of carbonyl (C=O) groups is 1. The van der Waals surface area contributed by atoms with Crippen LogP contribution in [0.5, 0.6) is 0 Å². The molecule has 1 atom stereocenters. The fraction of sp³-hybridized carbons (Fsp3) is 0.250. The lowest BCUT2D eigenvalue weighted by atomic mass is 10.0. The third-order valence-corrected chi connectivity index (χ3v) is 3.97. The summed E-state index contributed by atoms with van der Waals surface area (Å²) in [5, 5.41) is 7.05. The van der Waals surface area contributed by atoms with E-state index in [2.05, 4.69) is 15.5 Å². The van der Waals surface area contributed by atoms with Crippen LogP contribution in [0.3, 0.4) is 0 Å². The van der Waals surface area contributed by atoms with Gasteiger partial charge in [-0.1, -0.05) is 67.0 Å². The van der Waals surface area contributed by atoms with Crippen LogP contribution in [0.1, 0.15) is 41.7 Å². The van der Waals surface area contributed by atoms with Gasteiger partial charge in [0.25, 0.3) is 5.91 Å². The lowest BCUT2D eigenvalue weighted by Gasteiger charge is -2.18. The molecule has 5 heteroatoms. The maximum atomic E-state index is 12.6. The number of nitrogens with one attached hydrogen (secondary N) is 1. The molecular weight excluding hydrogens is 314 g/mol. The first kappa shape index (κ1) is 16.9. The molecule has 2 aromatic carbocycles. The minimum Gasteiger partial charge on any atom is -0.340 e. The lowest BCUT2D eigenvalue weighted by molar-refractivity contribution is 0.0914. The molecule has 0 saturated heterocycles. The van der Waals surface area contributed by atoms with Crippen LogP contribution in [-0.4, -0.2) is 16.0 Å². The van der Waals surface area contributed by atoms with Gasteiger partial charge in [0.05, 0.1) is 0 Å². The van der Waals surface area contributed by atoms with Crippen molar-refractivity contribution in [3.63, 3.8) is 0 Å². The maximum Gasteiger partial charge on any atom is 0.251 e. The molecule has 0 spiro atoms. The first-order chi connectivity index (χ1) is 12.0. The summed E-state index contributed by atoms with van der Waals surface area (Å²) in [5.41, 5.74) is 2.54. The van der Waals surface area contributed by atoms with Gasteiger partial charge < -0.3 is 9.84 Å². The Labute approximate surface area is 147 Å². The molecule has 0 radical (unpaired) electrons. The molecule has 1 aromatic heterocycles. The van der Waals surface area contributed by atoms with Crippen molar-refractivity contribution in [3.8, 4) is 11.4 Å². The molecule has 0 aliphatic rings. The molecule has 5 nitrogen and oxygen atoms in total. The Balaban J connectivity index is 1.82. The van der Waals surface area contributed by atoms with Gasteiger partial charge in [0.2, 0.25) is 11.7 Å². The number of aromatic nitrogens is 2. The van der Waals surface area contributed by atoms with Gasteiger partial charge >= 0.3 is 0 Å². The van der Waals surface area contributed by atoms with Crippen LogP contribution in [0, 0.1) is 12.8 Å². The summed E-state index contributed by atoms with van der Waals surface area (Å²) in [5.74, 6) is 0.889. The summed E-state index contributed by atoms with van der Waals surface area (Å²) in [6.07, 6.45) is 0. The summed E-state index contributed by atoms with van der Waals surface area (Å²) in [6, 6.07) is 16.8. The Kier molecular flexibility index (Phi) is 4.93. The Hall–Kier alpha value is -2.95. The zero-order chi connectivity index (χ0) is 17.8. The van der Waals surface area contributed by atoms with Crippen LogP contribution in [0.4, 0.5) is 0 Å². The largest absolute Gasteiger partial charge is 0.340 e. The van der Waals surface area contributed by atoms with Crippen molar-refractivity contribution >= 4 is 5.91 Å². The Morgan fingerprint density at radius 3 is 2.52 bits per heavy atom. The fourth-order valence-electron chi connectivity index (χ4n) is 2.59. The van der Waals surface area contributed by atoms with E-state index in [1.54, 1.807) is 6.07 Å². The van der Waals surface area contributed by atoms with Gasteiger partial charge in [-0.15, -0.1) is 0 Å². The van der Waals surface area contributed by atoms with E-state index in [0.717, 1.165) is 11.1 Å². The maximum absolute atomic E-state index is 12.6. The minimum absolute atomic E-state index is 0.109. The van der Waals surface area contributed by atoms with Crippen LogP contribution in [0.15, 0.2) is 59.1 Å². The van der Waals surface area contributed by atoms with Gasteiger partial charge in [-0.25, -0.2) is 0 Å². The average molecular weight is 335 g/mol. The van der Waals surface area contributed by atoms with Gasteiger partial charge in [-0.05, 0) is 25.0 Å². The van der Waals surface area contributed by atoms with Gasteiger partial charge in [0.1, 0.15) is 6.04 Å². The lowest BCUT2D eigenvalue weighted by Crippen LogP contribution is -2.32. The van der Waals surface area contributed by atoms with Crippen LogP contribution in [-0.2, 0) is 0 Å². The number of hydrogen-bond acceptors (Lipinski definition) is 4. The summed E-state index contributed by atoms with van der Waals surface area (Å²) in [6.45, 7) is 5.97. The number of aryl methyl sites for hydroxylation is 1. The first-order valence-electron chi connectivity index (χ1n) is 8.31. The van der Waals surface area contributed by atoms with Crippen molar-refractivity contribution in [2.45, 2.75) is 26.8 Å². The number of nitrogens with zero attached hydrogens (tertiary/aromatic N) is 2. The second-order valence-corrected chi connectivity index (χ2v) is 6.39. The number of hydrogen-bond donors (Lipinski definition) is 1. The predicted molar refractivity (Wildman–Crippen MR) is 96.0 cm³/mol. The Morgan fingerprint density at radius 1 is 1.08 bits per heavy atom. The molecule has 0 aliphatic carbocycles. The summed E-state index contributed by atoms with van der Waals surface area (Å²) < 4.78 is 5.43. The summed E-state index contributed by atoms with van der Waals surface area (Å²) in [7, 11) is 0. The van der Waals surface area contributed by atoms with Gasteiger partial charge in [-0.3, -0.25) is 4.79 Å². The second-order valence-electron chi connectivity index (χ2n) is 6.39. The molecule has 0 saturated carbocycles. The third kappa shape index (κ3) is 3.94. The van der Waals surface area contributed by atoms with E-state index in [9.17, 15) is 4.79 Å². The van der Waals surface area contributed by atoms with E-state index in [0.29, 0.717) is 17.3 Å². The fourth-order valence-corrected chi connectivity index (χ4v) is 2.59. The van der Waals surface area contributed by atoms with Gasteiger partial charge in [-0.2, -0.15) is 4.98 Å². The number of amides is 1.